The third-order valence-corrected chi connectivity index (χ3v) is 5.20. The van der Waals surface area contributed by atoms with Gasteiger partial charge >= 0.3 is 0 Å². The van der Waals surface area contributed by atoms with Crippen LogP contribution in [0.25, 0.3) is 0 Å². The SMILES string of the molecule is CN(CC(=O)NC1CCCC1)c1nnc(N2CCCC2=O)s1. The van der Waals surface area contributed by atoms with Crippen molar-refractivity contribution in [1.29, 1.82) is 0 Å². The van der Waals surface area contributed by atoms with E-state index in [2.05, 4.69) is 15.5 Å². The summed E-state index contributed by atoms with van der Waals surface area (Å²) in [6, 6.07) is 0.327. The Morgan fingerprint density at radius 2 is 2.14 bits per heavy atom. The van der Waals surface area contributed by atoms with Crippen LogP contribution in [0.1, 0.15) is 38.5 Å². The molecule has 0 bridgehead atoms. The Bertz CT molecular complexity index is 555. The van der Waals surface area contributed by atoms with Crippen LogP contribution < -0.4 is 15.1 Å². The number of nitrogens with one attached hydrogen (secondary N) is 1. The van der Waals surface area contributed by atoms with Crippen molar-refractivity contribution in [3.63, 3.8) is 0 Å². The van der Waals surface area contributed by atoms with Gasteiger partial charge in [-0.05, 0) is 19.3 Å². The summed E-state index contributed by atoms with van der Waals surface area (Å²) >= 11 is 1.36. The summed E-state index contributed by atoms with van der Waals surface area (Å²) in [7, 11) is 1.82. The number of amides is 2. The number of carbonyl (C=O) groups is 2. The van der Waals surface area contributed by atoms with Crippen molar-refractivity contribution in [1.82, 2.24) is 15.5 Å². The van der Waals surface area contributed by atoms with Crippen LogP contribution in [0, 0.1) is 0 Å². The smallest absolute Gasteiger partial charge is 0.239 e. The molecule has 1 saturated carbocycles. The highest BCUT2D eigenvalue weighted by Gasteiger charge is 2.26. The lowest BCUT2D eigenvalue weighted by Gasteiger charge is -2.17. The Morgan fingerprint density at radius 1 is 1.36 bits per heavy atom. The van der Waals surface area contributed by atoms with Gasteiger partial charge < -0.3 is 10.2 Å². The van der Waals surface area contributed by atoms with Gasteiger partial charge in [-0.25, -0.2) is 0 Å². The molecular formula is C14H21N5O2S. The molecule has 2 amide bonds. The zero-order valence-corrected chi connectivity index (χ0v) is 13.6. The maximum absolute atomic E-state index is 12.0. The monoisotopic (exact) mass is 323 g/mol. The maximum atomic E-state index is 12.0. The lowest BCUT2D eigenvalue weighted by atomic mass is 10.2. The summed E-state index contributed by atoms with van der Waals surface area (Å²) in [6.07, 6.45) is 6.00. The molecule has 1 aliphatic carbocycles. The van der Waals surface area contributed by atoms with E-state index < -0.39 is 0 Å². The molecule has 0 unspecified atom stereocenters. The van der Waals surface area contributed by atoms with Gasteiger partial charge in [0, 0.05) is 26.1 Å². The van der Waals surface area contributed by atoms with Crippen LogP contribution in [0.15, 0.2) is 0 Å². The summed E-state index contributed by atoms with van der Waals surface area (Å²) in [4.78, 5) is 27.2. The normalized spacial score (nSPS) is 19.0. The van der Waals surface area contributed by atoms with E-state index >= 15 is 0 Å². The van der Waals surface area contributed by atoms with Crippen molar-refractivity contribution < 1.29 is 9.59 Å². The minimum atomic E-state index is 0.0170. The van der Waals surface area contributed by atoms with E-state index in [9.17, 15) is 9.59 Å². The second-order valence-electron chi connectivity index (χ2n) is 5.92. The van der Waals surface area contributed by atoms with Crippen molar-refractivity contribution in [2.75, 3.05) is 29.9 Å². The van der Waals surface area contributed by atoms with Crippen LogP contribution >= 0.6 is 11.3 Å². The summed E-state index contributed by atoms with van der Waals surface area (Å²) in [5.74, 6) is 0.118. The van der Waals surface area contributed by atoms with Crippen molar-refractivity contribution in [2.24, 2.45) is 0 Å². The largest absolute Gasteiger partial charge is 0.352 e. The van der Waals surface area contributed by atoms with Crippen LogP contribution in [0.5, 0.6) is 0 Å². The van der Waals surface area contributed by atoms with E-state index in [1.54, 1.807) is 9.80 Å². The fourth-order valence-electron chi connectivity index (χ4n) is 2.95. The Morgan fingerprint density at radius 3 is 2.82 bits per heavy atom. The van der Waals surface area contributed by atoms with E-state index in [4.69, 9.17) is 0 Å². The molecule has 3 rings (SSSR count). The summed E-state index contributed by atoms with van der Waals surface area (Å²) < 4.78 is 0. The van der Waals surface area contributed by atoms with Gasteiger partial charge in [0.15, 0.2) is 0 Å². The van der Waals surface area contributed by atoms with E-state index in [1.165, 1.54) is 24.2 Å². The van der Waals surface area contributed by atoms with Gasteiger partial charge in [-0.3, -0.25) is 14.5 Å². The van der Waals surface area contributed by atoms with Gasteiger partial charge in [-0.15, -0.1) is 10.2 Å². The van der Waals surface area contributed by atoms with Gasteiger partial charge in [0.2, 0.25) is 22.1 Å². The number of likely N-dealkylation sites (N-methyl/N-ethyl adjacent to an activating group) is 1. The van der Waals surface area contributed by atoms with Crippen LogP contribution in [0.4, 0.5) is 10.3 Å². The number of hydrogen-bond donors (Lipinski definition) is 1. The standard InChI is InChI=1S/C14H21N5O2S/c1-18(9-11(20)15-10-5-2-3-6-10)13-16-17-14(22-13)19-8-4-7-12(19)21/h10H,2-9H2,1H3,(H,15,20). The highest BCUT2D eigenvalue weighted by Crippen LogP contribution is 2.29. The predicted molar refractivity (Wildman–Crippen MR) is 85.2 cm³/mol. The average molecular weight is 323 g/mol. The van der Waals surface area contributed by atoms with E-state index in [1.807, 2.05) is 7.05 Å². The number of nitrogens with zero attached hydrogens (tertiary/aromatic N) is 4. The Balaban J connectivity index is 1.55. The lowest BCUT2D eigenvalue weighted by molar-refractivity contribution is -0.120. The molecule has 1 aromatic rings. The third kappa shape index (κ3) is 3.37. The molecule has 1 saturated heterocycles. The predicted octanol–water partition coefficient (Wildman–Crippen LogP) is 1.16. The van der Waals surface area contributed by atoms with Gasteiger partial charge in [0.05, 0.1) is 6.54 Å². The highest BCUT2D eigenvalue weighted by atomic mass is 32.1. The second kappa shape index (κ2) is 6.60. The van der Waals surface area contributed by atoms with Crippen LogP contribution in [0.3, 0.4) is 0 Å². The maximum Gasteiger partial charge on any atom is 0.239 e. The molecule has 120 valence electrons. The molecule has 7 nitrogen and oxygen atoms in total. The van der Waals surface area contributed by atoms with Gasteiger partial charge in [0.25, 0.3) is 0 Å². The third-order valence-electron chi connectivity index (χ3n) is 4.14. The minimum Gasteiger partial charge on any atom is -0.352 e. The average Bonchev–Trinajstić information content (AvgIpc) is 3.18. The summed E-state index contributed by atoms with van der Waals surface area (Å²) in [6.45, 7) is 0.971. The summed E-state index contributed by atoms with van der Waals surface area (Å²) in [5, 5.41) is 12.5. The first-order chi connectivity index (χ1) is 10.6. The molecule has 0 aromatic carbocycles. The number of rotatable bonds is 5. The van der Waals surface area contributed by atoms with Gasteiger partial charge in [-0.1, -0.05) is 24.2 Å². The molecule has 0 radical (unpaired) electrons. The van der Waals surface area contributed by atoms with Crippen LogP contribution in [-0.2, 0) is 9.59 Å². The first-order valence-electron chi connectivity index (χ1n) is 7.78. The molecule has 22 heavy (non-hydrogen) atoms. The number of carbonyl (C=O) groups excluding carboxylic acids is 2. The van der Waals surface area contributed by atoms with E-state index in [-0.39, 0.29) is 18.4 Å². The molecule has 0 atom stereocenters. The first kappa shape index (κ1) is 15.2. The Kier molecular flexibility index (Phi) is 4.56. The van der Waals surface area contributed by atoms with Crippen molar-refractivity contribution in [3.8, 4) is 0 Å². The zero-order chi connectivity index (χ0) is 15.5. The number of anilines is 2. The fraction of sp³-hybridized carbons (Fsp3) is 0.714. The topological polar surface area (TPSA) is 78.4 Å². The molecule has 1 N–H and O–H groups in total. The van der Waals surface area contributed by atoms with E-state index in [0.717, 1.165) is 19.3 Å². The van der Waals surface area contributed by atoms with E-state index in [0.29, 0.717) is 29.3 Å². The van der Waals surface area contributed by atoms with Crippen LogP contribution in [0.2, 0.25) is 0 Å². The molecular weight excluding hydrogens is 302 g/mol. The quantitative estimate of drug-likeness (QED) is 0.880. The molecule has 2 heterocycles. The summed E-state index contributed by atoms with van der Waals surface area (Å²) in [5.41, 5.74) is 0. The minimum absolute atomic E-state index is 0.0170. The fourth-order valence-corrected chi connectivity index (χ4v) is 3.80. The highest BCUT2D eigenvalue weighted by molar-refractivity contribution is 7.19. The molecule has 8 heteroatoms. The Hall–Kier alpha value is -1.70. The molecule has 1 aromatic heterocycles. The van der Waals surface area contributed by atoms with Crippen molar-refractivity contribution in [2.45, 2.75) is 44.6 Å². The molecule has 2 fully saturated rings. The second-order valence-corrected chi connectivity index (χ2v) is 6.86. The van der Waals surface area contributed by atoms with Crippen molar-refractivity contribution >= 4 is 33.4 Å². The first-order valence-corrected chi connectivity index (χ1v) is 8.59. The number of hydrogen-bond acceptors (Lipinski definition) is 6. The van der Waals surface area contributed by atoms with Gasteiger partial charge in [0.1, 0.15) is 0 Å². The van der Waals surface area contributed by atoms with Gasteiger partial charge in [-0.2, -0.15) is 0 Å². The lowest BCUT2D eigenvalue weighted by Crippen LogP contribution is -2.39. The molecule has 1 aliphatic heterocycles. The van der Waals surface area contributed by atoms with Crippen LogP contribution in [-0.4, -0.2) is 48.2 Å². The molecule has 2 aliphatic rings. The Labute approximate surface area is 133 Å². The zero-order valence-electron chi connectivity index (χ0n) is 12.7. The number of aromatic nitrogens is 2. The molecule has 0 spiro atoms. The van der Waals surface area contributed by atoms with Crippen molar-refractivity contribution in [3.05, 3.63) is 0 Å².